The predicted molar refractivity (Wildman–Crippen MR) is 110 cm³/mol. The smallest absolute Gasteiger partial charge is 0.264 e. The lowest BCUT2D eigenvalue weighted by atomic mass is 10.2. The Balaban J connectivity index is 2.19. The van der Waals surface area contributed by atoms with Gasteiger partial charge in [-0.05, 0) is 37.3 Å². The van der Waals surface area contributed by atoms with Gasteiger partial charge in [-0.2, -0.15) is 0 Å². The van der Waals surface area contributed by atoms with E-state index >= 15 is 0 Å². The number of nitrogens with one attached hydrogen (secondary N) is 1. The van der Waals surface area contributed by atoms with Crippen LogP contribution in [0.5, 0.6) is 0 Å². The Bertz CT molecular complexity index is 1050. The number of carbonyl (C=O) groups is 1. The molecule has 0 radical (unpaired) electrons. The molecule has 0 aliphatic heterocycles. The van der Waals surface area contributed by atoms with Crippen LogP contribution in [0.3, 0.4) is 0 Å². The van der Waals surface area contributed by atoms with E-state index in [2.05, 4.69) is 5.32 Å². The first-order valence-corrected chi connectivity index (χ1v) is 12.0. The zero-order valence-electron chi connectivity index (χ0n) is 16.0. The summed E-state index contributed by atoms with van der Waals surface area (Å²) in [4.78, 5) is 12.2. The third kappa shape index (κ3) is 5.32. The Morgan fingerprint density at radius 3 is 2.29 bits per heavy atom. The molecule has 0 aliphatic rings. The van der Waals surface area contributed by atoms with Crippen molar-refractivity contribution in [2.24, 2.45) is 0 Å². The van der Waals surface area contributed by atoms with Gasteiger partial charge in [0.1, 0.15) is 0 Å². The highest BCUT2D eigenvalue weighted by molar-refractivity contribution is 7.92. The summed E-state index contributed by atoms with van der Waals surface area (Å²) in [5, 5.41) is 2.51. The van der Waals surface area contributed by atoms with E-state index in [1.807, 2.05) is 19.1 Å². The Kier molecular flexibility index (Phi) is 6.84. The molecule has 0 spiro atoms. The van der Waals surface area contributed by atoms with Crippen molar-refractivity contribution in [2.75, 3.05) is 29.4 Å². The number of benzene rings is 2. The van der Waals surface area contributed by atoms with E-state index < -0.39 is 25.8 Å². The van der Waals surface area contributed by atoms with Gasteiger partial charge in [0, 0.05) is 24.9 Å². The van der Waals surface area contributed by atoms with Gasteiger partial charge in [-0.1, -0.05) is 30.7 Å². The van der Waals surface area contributed by atoms with Crippen LogP contribution in [0, 0.1) is 6.92 Å². The Morgan fingerprint density at radius 1 is 1.04 bits per heavy atom. The lowest BCUT2D eigenvalue weighted by molar-refractivity contribution is 0.0956. The molecule has 1 N–H and O–H groups in total. The van der Waals surface area contributed by atoms with E-state index in [0.29, 0.717) is 5.69 Å². The Hall–Kier alpha value is -2.39. The van der Waals surface area contributed by atoms with E-state index in [-0.39, 0.29) is 28.5 Å². The SMILES string of the molecule is CCS(=O)(=O)CCNC(=O)c1cccc(S(=O)(=O)N(C)c2ccc(C)cc2)c1. The van der Waals surface area contributed by atoms with Gasteiger partial charge in [0.05, 0.1) is 16.3 Å². The number of hydrogen-bond acceptors (Lipinski definition) is 5. The number of nitrogens with zero attached hydrogens (tertiary/aromatic N) is 1. The maximum atomic E-state index is 12.9. The van der Waals surface area contributed by atoms with Crippen LogP contribution < -0.4 is 9.62 Å². The third-order valence-corrected chi connectivity index (χ3v) is 7.78. The van der Waals surface area contributed by atoms with Crippen molar-refractivity contribution < 1.29 is 21.6 Å². The van der Waals surface area contributed by atoms with E-state index in [1.54, 1.807) is 12.1 Å². The highest BCUT2D eigenvalue weighted by Gasteiger charge is 2.22. The van der Waals surface area contributed by atoms with Crippen LogP contribution in [0.4, 0.5) is 5.69 Å². The first-order chi connectivity index (χ1) is 13.1. The van der Waals surface area contributed by atoms with Gasteiger partial charge in [-0.15, -0.1) is 0 Å². The quantitative estimate of drug-likeness (QED) is 0.698. The predicted octanol–water partition coefficient (Wildman–Crippen LogP) is 1.98. The number of hydrogen-bond donors (Lipinski definition) is 1. The van der Waals surface area contributed by atoms with Crippen LogP contribution in [0.15, 0.2) is 53.4 Å². The Morgan fingerprint density at radius 2 is 1.68 bits per heavy atom. The fourth-order valence-corrected chi connectivity index (χ4v) is 4.36. The molecule has 2 rings (SSSR count). The lowest BCUT2D eigenvalue weighted by Crippen LogP contribution is -2.30. The van der Waals surface area contributed by atoms with Gasteiger partial charge in [-0.3, -0.25) is 9.10 Å². The van der Waals surface area contributed by atoms with Gasteiger partial charge in [0.15, 0.2) is 9.84 Å². The molecule has 0 bridgehead atoms. The maximum Gasteiger partial charge on any atom is 0.264 e. The summed E-state index contributed by atoms with van der Waals surface area (Å²) in [6.07, 6.45) is 0. The van der Waals surface area contributed by atoms with Crippen LogP contribution in [-0.2, 0) is 19.9 Å². The van der Waals surface area contributed by atoms with Crippen molar-refractivity contribution in [3.63, 3.8) is 0 Å². The number of anilines is 1. The molecule has 0 aliphatic carbocycles. The minimum Gasteiger partial charge on any atom is -0.351 e. The molecule has 152 valence electrons. The standard InChI is InChI=1S/C19H24N2O5S2/c1-4-27(23,24)13-12-20-19(22)16-6-5-7-18(14-16)28(25,26)21(3)17-10-8-15(2)9-11-17/h5-11,14H,4,12-13H2,1-3H3,(H,20,22). The molecule has 2 aromatic rings. The van der Waals surface area contributed by atoms with Crippen molar-refractivity contribution >= 4 is 31.5 Å². The molecule has 0 heterocycles. The largest absolute Gasteiger partial charge is 0.351 e. The van der Waals surface area contributed by atoms with E-state index in [9.17, 15) is 21.6 Å². The minimum atomic E-state index is -3.85. The number of rotatable bonds is 8. The van der Waals surface area contributed by atoms with Gasteiger partial charge in [0.2, 0.25) is 0 Å². The summed E-state index contributed by atoms with van der Waals surface area (Å²) in [5.74, 6) is -0.688. The molecule has 1 amide bonds. The first kappa shape index (κ1) is 21.9. The molecule has 7 nitrogen and oxygen atoms in total. The lowest BCUT2D eigenvalue weighted by Gasteiger charge is -2.20. The molecule has 0 fully saturated rings. The van der Waals surface area contributed by atoms with Gasteiger partial charge < -0.3 is 5.32 Å². The molecule has 0 aromatic heterocycles. The molecule has 28 heavy (non-hydrogen) atoms. The van der Waals surface area contributed by atoms with Gasteiger partial charge >= 0.3 is 0 Å². The monoisotopic (exact) mass is 424 g/mol. The summed E-state index contributed by atoms with van der Waals surface area (Å²) >= 11 is 0. The van der Waals surface area contributed by atoms with Crippen molar-refractivity contribution in [1.29, 1.82) is 0 Å². The van der Waals surface area contributed by atoms with E-state index in [4.69, 9.17) is 0 Å². The summed E-state index contributed by atoms with van der Waals surface area (Å²) in [6, 6.07) is 12.7. The molecule has 0 unspecified atom stereocenters. The number of sulfone groups is 1. The number of amides is 1. The highest BCUT2D eigenvalue weighted by atomic mass is 32.2. The average molecular weight is 425 g/mol. The van der Waals surface area contributed by atoms with Crippen LogP contribution in [-0.4, -0.2) is 47.8 Å². The summed E-state index contributed by atoms with van der Waals surface area (Å²) in [5.41, 5.74) is 1.66. The fraction of sp³-hybridized carbons (Fsp3) is 0.316. The van der Waals surface area contributed by atoms with Crippen LogP contribution >= 0.6 is 0 Å². The second-order valence-corrected chi connectivity index (χ2v) is 10.8. The molecular formula is C19H24N2O5S2. The van der Waals surface area contributed by atoms with Crippen LogP contribution in [0.25, 0.3) is 0 Å². The minimum absolute atomic E-state index is 0.00193. The van der Waals surface area contributed by atoms with E-state index in [0.717, 1.165) is 9.87 Å². The first-order valence-electron chi connectivity index (χ1n) is 8.71. The number of aryl methyl sites for hydroxylation is 1. The second kappa shape index (κ2) is 8.74. The second-order valence-electron chi connectivity index (χ2n) is 6.33. The van der Waals surface area contributed by atoms with Crippen molar-refractivity contribution in [2.45, 2.75) is 18.7 Å². The zero-order valence-corrected chi connectivity index (χ0v) is 17.7. The molecule has 0 saturated carbocycles. The van der Waals surface area contributed by atoms with Crippen molar-refractivity contribution in [1.82, 2.24) is 5.32 Å². The summed E-state index contributed by atoms with van der Waals surface area (Å²) < 4.78 is 49.9. The summed E-state index contributed by atoms with van der Waals surface area (Å²) in [6.45, 7) is 3.41. The number of sulfonamides is 1. The zero-order chi connectivity index (χ0) is 20.9. The topological polar surface area (TPSA) is 101 Å². The van der Waals surface area contributed by atoms with Crippen molar-refractivity contribution in [3.05, 3.63) is 59.7 Å². The van der Waals surface area contributed by atoms with Gasteiger partial charge in [0.25, 0.3) is 15.9 Å². The molecule has 9 heteroatoms. The maximum absolute atomic E-state index is 12.9. The third-order valence-electron chi connectivity index (χ3n) is 4.29. The fourth-order valence-electron chi connectivity index (χ4n) is 2.42. The summed E-state index contributed by atoms with van der Waals surface area (Å²) in [7, 11) is -5.60. The average Bonchev–Trinajstić information content (AvgIpc) is 2.68. The van der Waals surface area contributed by atoms with Crippen LogP contribution in [0.2, 0.25) is 0 Å². The molecule has 2 aromatic carbocycles. The van der Waals surface area contributed by atoms with E-state index in [1.165, 1.54) is 38.2 Å². The molecule has 0 atom stereocenters. The number of carbonyl (C=O) groups excluding carboxylic acids is 1. The highest BCUT2D eigenvalue weighted by Crippen LogP contribution is 2.23. The van der Waals surface area contributed by atoms with Gasteiger partial charge in [-0.25, -0.2) is 16.8 Å². The van der Waals surface area contributed by atoms with Crippen molar-refractivity contribution in [3.8, 4) is 0 Å². The molecule has 0 saturated heterocycles. The van der Waals surface area contributed by atoms with Crippen LogP contribution in [0.1, 0.15) is 22.8 Å². The Labute approximate surface area is 166 Å². The molecular weight excluding hydrogens is 400 g/mol. The normalized spacial score (nSPS) is 11.8.